The molecule has 3 N–H and O–H groups in total. The Labute approximate surface area is 204 Å². The van der Waals surface area contributed by atoms with Gasteiger partial charge in [-0.15, -0.1) is 0 Å². The lowest BCUT2D eigenvalue weighted by Crippen LogP contribution is -2.66. The maximum absolute atomic E-state index is 11.5. The smallest absolute Gasteiger partial charge is 0.0599 e. The van der Waals surface area contributed by atoms with E-state index in [1.54, 1.807) is 0 Å². The molecule has 192 valence electrons. The molecule has 3 heteroatoms. The maximum Gasteiger partial charge on any atom is 0.0599 e. The summed E-state index contributed by atoms with van der Waals surface area (Å²) < 4.78 is 0. The van der Waals surface area contributed by atoms with Gasteiger partial charge in [-0.2, -0.15) is 0 Å². The molecule has 0 heterocycles. The SMILES string of the molecule is CC(CO)CCC[C@@H](C)[C@H]1CC[C@@]2(C)[C@H]1CC[C@@H]1[C@@]3(C)C(O)CC[C@](C)(CO)[C@@H]3CC[C@@]12C. The van der Waals surface area contributed by atoms with Crippen LogP contribution in [0.3, 0.4) is 0 Å². The van der Waals surface area contributed by atoms with E-state index in [9.17, 15) is 15.3 Å². The van der Waals surface area contributed by atoms with Gasteiger partial charge in [0.15, 0.2) is 0 Å². The first-order valence-electron chi connectivity index (χ1n) is 14.4. The fourth-order valence-corrected chi connectivity index (χ4v) is 10.6. The minimum atomic E-state index is -0.225. The van der Waals surface area contributed by atoms with Crippen LogP contribution in [0.1, 0.15) is 112 Å². The number of hydrogen-bond donors (Lipinski definition) is 3. The van der Waals surface area contributed by atoms with Crippen LogP contribution in [-0.2, 0) is 0 Å². The molecule has 4 saturated carbocycles. The standard InChI is InChI=1S/C30H54O3/c1-20(18-31)8-7-9-21(2)22-12-16-28(4)23(22)10-11-25-29(28,5)17-13-24-27(3,19-32)15-14-26(33)30(24,25)6/h20-26,31-33H,7-19H2,1-6H3/t20?,21-,22-,23+,24+,25+,26?,27-,28+,29+,30+/m1/s1. The minimum absolute atomic E-state index is 0.0362. The number of rotatable bonds is 7. The molecule has 4 aliphatic carbocycles. The van der Waals surface area contributed by atoms with E-state index in [2.05, 4.69) is 41.5 Å². The second kappa shape index (κ2) is 9.07. The summed E-state index contributed by atoms with van der Waals surface area (Å²) in [5.41, 5.74) is 0.552. The molecule has 33 heavy (non-hydrogen) atoms. The summed E-state index contributed by atoms with van der Waals surface area (Å²) in [6.07, 6.45) is 13.0. The lowest BCUT2D eigenvalue weighted by molar-refractivity contribution is -0.244. The Bertz CT molecular complexity index is 694. The molecule has 0 aromatic carbocycles. The average molecular weight is 463 g/mol. The van der Waals surface area contributed by atoms with Crippen molar-refractivity contribution < 1.29 is 15.3 Å². The molecule has 11 atom stereocenters. The van der Waals surface area contributed by atoms with Crippen LogP contribution >= 0.6 is 0 Å². The zero-order valence-corrected chi connectivity index (χ0v) is 22.6. The molecule has 4 aliphatic rings. The summed E-state index contributed by atoms with van der Waals surface area (Å²) in [4.78, 5) is 0. The van der Waals surface area contributed by atoms with E-state index in [0.29, 0.717) is 29.8 Å². The molecule has 4 rings (SSSR count). The number of aliphatic hydroxyl groups is 3. The van der Waals surface area contributed by atoms with E-state index < -0.39 is 0 Å². The van der Waals surface area contributed by atoms with Crippen molar-refractivity contribution in [2.45, 2.75) is 118 Å². The molecule has 0 aromatic rings. The molecule has 3 nitrogen and oxygen atoms in total. The summed E-state index contributed by atoms with van der Waals surface area (Å²) in [5, 5.41) is 31.2. The Morgan fingerprint density at radius 1 is 0.788 bits per heavy atom. The quantitative estimate of drug-likeness (QED) is 0.408. The molecule has 4 fully saturated rings. The molecule has 0 bridgehead atoms. The van der Waals surface area contributed by atoms with Crippen LogP contribution in [0.25, 0.3) is 0 Å². The topological polar surface area (TPSA) is 60.7 Å². The average Bonchev–Trinajstić information content (AvgIpc) is 3.15. The van der Waals surface area contributed by atoms with Crippen LogP contribution in [0.15, 0.2) is 0 Å². The predicted octanol–water partition coefficient (Wildman–Crippen LogP) is 6.44. The fraction of sp³-hybridized carbons (Fsp3) is 1.00. The third-order valence-corrected chi connectivity index (χ3v) is 12.9. The predicted molar refractivity (Wildman–Crippen MR) is 136 cm³/mol. The van der Waals surface area contributed by atoms with Crippen molar-refractivity contribution in [3.05, 3.63) is 0 Å². The summed E-state index contributed by atoms with van der Waals surface area (Å²) in [6, 6.07) is 0. The van der Waals surface area contributed by atoms with Gasteiger partial charge in [0, 0.05) is 18.6 Å². The fourth-order valence-electron chi connectivity index (χ4n) is 10.6. The zero-order valence-electron chi connectivity index (χ0n) is 22.6. The molecule has 0 spiro atoms. The lowest BCUT2D eigenvalue weighted by Gasteiger charge is -2.70. The van der Waals surface area contributed by atoms with E-state index in [-0.39, 0.29) is 29.0 Å². The van der Waals surface area contributed by atoms with E-state index in [4.69, 9.17) is 0 Å². The van der Waals surface area contributed by atoms with Gasteiger partial charge in [0.05, 0.1) is 6.10 Å². The summed E-state index contributed by atoms with van der Waals surface area (Å²) in [6.45, 7) is 15.2. The lowest BCUT2D eigenvalue weighted by atomic mass is 9.35. The molecule has 0 saturated heterocycles. The highest BCUT2D eigenvalue weighted by Crippen LogP contribution is 2.75. The second-order valence-electron chi connectivity index (χ2n) is 14.3. The molecule has 0 aromatic heterocycles. The molecule has 2 unspecified atom stereocenters. The Morgan fingerprint density at radius 2 is 1.48 bits per heavy atom. The van der Waals surface area contributed by atoms with Crippen LogP contribution < -0.4 is 0 Å². The van der Waals surface area contributed by atoms with E-state index in [1.165, 1.54) is 51.4 Å². The van der Waals surface area contributed by atoms with Gasteiger partial charge >= 0.3 is 0 Å². The highest BCUT2D eigenvalue weighted by Gasteiger charge is 2.69. The molecular weight excluding hydrogens is 408 g/mol. The van der Waals surface area contributed by atoms with E-state index in [0.717, 1.165) is 37.0 Å². The van der Waals surface area contributed by atoms with Gasteiger partial charge in [-0.1, -0.05) is 54.4 Å². The Kier molecular flexibility index (Phi) is 7.14. The number of fused-ring (bicyclic) bond motifs is 5. The second-order valence-corrected chi connectivity index (χ2v) is 14.3. The Hall–Kier alpha value is -0.120. The Balaban J connectivity index is 1.56. The highest BCUT2D eigenvalue weighted by atomic mass is 16.3. The van der Waals surface area contributed by atoms with Crippen LogP contribution in [0.4, 0.5) is 0 Å². The van der Waals surface area contributed by atoms with Gasteiger partial charge in [0.1, 0.15) is 0 Å². The van der Waals surface area contributed by atoms with Crippen LogP contribution in [0.5, 0.6) is 0 Å². The van der Waals surface area contributed by atoms with Crippen molar-refractivity contribution in [1.82, 2.24) is 0 Å². The van der Waals surface area contributed by atoms with Crippen LogP contribution in [0.2, 0.25) is 0 Å². The molecule has 0 radical (unpaired) electrons. The number of aliphatic hydroxyl groups excluding tert-OH is 3. The van der Waals surface area contributed by atoms with Gasteiger partial charge < -0.3 is 15.3 Å². The molecule has 0 amide bonds. The van der Waals surface area contributed by atoms with E-state index in [1.807, 2.05) is 0 Å². The maximum atomic E-state index is 11.5. The zero-order chi connectivity index (χ0) is 24.2. The first-order chi connectivity index (χ1) is 15.5. The first-order valence-corrected chi connectivity index (χ1v) is 14.4. The van der Waals surface area contributed by atoms with Crippen molar-refractivity contribution in [2.24, 2.45) is 57.2 Å². The van der Waals surface area contributed by atoms with Crippen LogP contribution in [-0.4, -0.2) is 34.6 Å². The van der Waals surface area contributed by atoms with Gasteiger partial charge in [0.25, 0.3) is 0 Å². The van der Waals surface area contributed by atoms with Crippen molar-refractivity contribution in [3.8, 4) is 0 Å². The van der Waals surface area contributed by atoms with Crippen LogP contribution in [0, 0.1) is 57.2 Å². The molecular formula is C30H54O3. The van der Waals surface area contributed by atoms with Crippen molar-refractivity contribution in [2.75, 3.05) is 13.2 Å². The normalized spacial score (nSPS) is 51.4. The summed E-state index contributed by atoms with van der Waals surface area (Å²) >= 11 is 0. The largest absolute Gasteiger partial charge is 0.396 e. The van der Waals surface area contributed by atoms with Gasteiger partial charge in [-0.25, -0.2) is 0 Å². The Morgan fingerprint density at radius 3 is 2.15 bits per heavy atom. The third-order valence-electron chi connectivity index (χ3n) is 12.9. The summed E-state index contributed by atoms with van der Waals surface area (Å²) in [5.74, 6) is 3.85. The van der Waals surface area contributed by atoms with Crippen molar-refractivity contribution in [1.29, 1.82) is 0 Å². The highest BCUT2D eigenvalue weighted by molar-refractivity contribution is 5.18. The monoisotopic (exact) mass is 462 g/mol. The van der Waals surface area contributed by atoms with Gasteiger partial charge in [0.2, 0.25) is 0 Å². The first kappa shape index (κ1) is 26.0. The van der Waals surface area contributed by atoms with Gasteiger partial charge in [-0.05, 0) is 110 Å². The number of hydrogen-bond acceptors (Lipinski definition) is 3. The third kappa shape index (κ3) is 3.77. The summed E-state index contributed by atoms with van der Waals surface area (Å²) in [7, 11) is 0. The minimum Gasteiger partial charge on any atom is -0.396 e. The van der Waals surface area contributed by atoms with Crippen molar-refractivity contribution >= 4 is 0 Å². The van der Waals surface area contributed by atoms with Crippen molar-refractivity contribution in [3.63, 3.8) is 0 Å². The van der Waals surface area contributed by atoms with Gasteiger partial charge in [-0.3, -0.25) is 0 Å². The van der Waals surface area contributed by atoms with E-state index >= 15 is 0 Å². The molecule has 0 aliphatic heterocycles.